The van der Waals surface area contributed by atoms with Crippen molar-refractivity contribution < 1.29 is 0 Å². The van der Waals surface area contributed by atoms with Gasteiger partial charge in [-0.3, -0.25) is 0 Å². The fourth-order valence-corrected chi connectivity index (χ4v) is 12.3. The van der Waals surface area contributed by atoms with Crippen LogP contribution in [0.4, 0.5) is 17.1 Å². The summed E-state index contributed by atoms with van der Waals surface area (Å²) in [5.74, 6) is 0. The molecular weight excluding hydrogens is 723 g/mol. The minimum Gasteiger partial charge on any atom is -0.309 e. The van der Waals surface area contributed by atoms with Crippen LogP contribution in [0.2, 0.25) is 0 Å². The molecule has 8 aromatic rings. The molecule has 0 aromatic heterocycles. The summed E-state index contributed by atoms with van der Waals surface area (Å²) in [4.78, 5) is 2.60. The molecule has 0 saturated heterocycles. The first-order chi connectivity index (χ1) is 29.3. The van der Waals surface area contributed by atoms with Crippen LogP contribution in [-0.2, 0) is 16.2 Å². The van der Waals surface area contributed by atoms with Gasteiger partial charge in [0.1, 0.15) is 0 Å². The van der Waals surface area contributed by atoms with Crippen molar-refractivity contribution in [3.05, 3.63) is 209 Å². The third kappa shape index (κ3) is 4.81. The Morgan fingerprint density at radius 2 is 0.817 bits per heavy atom. The van der Waals surface area contributed by atoms with Crippen LogP contribution < -0.4 is 4.90 Å². The van der Waals surface area contributed by atoms with Gasteiger partial charge in [-0.25, -0.2) is 0 Å². The number of nitrogens with zero attached hydrogens (tertiary/aromatic N) is 1. The van der Waals surface area contributed by atoms with E-state index in [9.17, 15) is 0 Å². The van der Waals surface area contributed by atoms with Gasteiger partial charge in [0.05, 0.1) is 11.4 Å². The lowest BCUT2D eigenvalue weighted by atomic mass is 9.76. The maximum atomic E-state index is 2.60. The van der Waals surface area contributed by atoms with Gasteiger partial charge in [-0.15, -0.1) is 0 Å². The van der Waals surface area contributed by atoms with Crippen LogP contribution >= 0.6 is 0 Å². The van der Waals surface area contributed by atoms with E-state index >= 15 is 0 Å². The Bertz CT molecular complexity index is 3060. The van der Waals surface area contributed by atoms with Gasteiger partial charge < -0.3 is 4.90 Å². The minimum atomic E-state index is -0.151. The molecule has 1 nitrogen and oxygen atoms in total. The quantitative estimate of drug-likeness (QED) is 0.168. The SMILES string of the molecule is CC1(C)c2ccccc2-c2ccc(-c3ccccc3N(c3ccc4c(c3)C3(CCCC3)c3ccccc3-4)c3ccccc3-c3cccc4c3C(C)(C)c3ccccc3-4)cc21. The lowest BCUT2D eigenvalue weighted by Gasteiger charge is -2.33. The van der Waals surface area contributed by atoms with Crippen molar-refractivity contribution in [3.63, 3.8) is 0 Å². The molecule has 0 aliphatic heterocycles. The second kappa shape index (κ2) is 12.8. The van der Waals surface area contributed by atoms with E-state index in [1.807, 2.05) is 0 Å². The van der Waals surface area contributed by atoms with Crippen molar-refractivity contribution in [2.24, 2.45) is 0 Å². The molecule has 1 heteroatoms. The van der Waals surface area contributed by atoms with E-state index in [-0.39, 0.29) is 16.2 Å². The largest absolute Gasteiger partial charge is 0.309 e. The summed E-state index contributed by atoms with van der Waals surface area (Å²) in [6, 6.07) is 67.1. The van der Waals surface area contributed by atoms with Crippen molar-refractivity contribution in [3.8, 4) is 55.6 Å². The molecule has 0 amide bonds. The molecule has 4 aliphatic carbocycles. The van der Waals surface area contributed by atoms with Crippen LogP contribution in [0.1, 0.15) is 86.8 Å². The van der Waals surface area contributed by atoms with E-state index in [0.717, 1.165) is 0 Å². The summed E-state index contributed by atoms with van der Waals surface area (Å²) in [5, 5.41) is 0. The van der Waals surface area contributed by atoms with E-state index in [1.165, 1.54) is 132 Å². The molecule has 4 aliphatic rings. The average Bonchev–Trinajstić information content (AvgIpc) is 4.01. The van der Waals surface area contributed by atoms with Crippen molar-refractivity contribution in [1.82, 2.24) is 0 Å². The summed E-state index contributed by atoms with van der Waals surface area (Å²) in [6.07, 6.45) is 4.94. The summed E-state index contributed by atoms with van der Waals surface area (Å²) in [5.41, 5.74) is 25.2. The Morgan fingerprint density at radius 3 is 1.52 bits per heavy atom. The Kier molecular flexibility index (Phi) is 7.56. The van der Waals surface area contributed by atoms with Gasteiger partial charge in [-0.2, -0.15) is 0 Å². The van der Waals surface area contributed by atoms with Crippen LogP contribution in [0.25, 0.3) is 55.6 Å². The molecule has 0 radical (unpaired) electrons. The Hall–Kier alpha value is -6.44. The predicted molar refractivity (Wildman–Crippen MR) is 252 cm³/mol. The molecule has 1 fully saturated rings. The summed E-state index contributed by atoms with van der Waals surface area (Å²) in [7, 11) is 0. The highest BCUT2D eigenvalue weighted by Crippen LogP contribution is 2.59. The van der Waals surface area contributed by atoms with Crippen molar-refractivity contribution in [2.45, 2.75) is 69.6 Å². The van der Waals surface area contributed by atoms with Gasteiger partial charge in [-0.05, 0) is 121 Å². The minimum absolute atomic E-state index is 0.0588. The molecule has 0 bridgehead atoms. The van der Waals surface area contributed by atoms with Gasteiger partial charge >= 0.3 is 0 Å². The topological polar surface area (TPSA) is 3.24 Å². The molecule has 8 aromatic carbocycles. The number of rotatable bonds is 5. The lowest BCUT2D eigenvalue weighted by Crippen LogP contribution is -2.21. The smallest absolute Gasteiger partial charge is 0.0540 e. The molecule has 12 rings (SSSR count). The van der Waals surface area contributed by atoms with Crippen LogP contribution in [0.15, 0.2) is 176 Å². The summed E-state index contributed by atoms with van der Waals surface area (Å²) < 4.78 is 0. The first-order valence-corrected chi connectivity index (χ1v) is 22.0. The van der Waals surface area contributed by atoms with Gasteiger partial charge in [0.25, 0.3) is 0 Å². The van der Waals surface area contributed by atoms with Gasteiger partial charge in [0.2, 0.25) is 0 Å². The Balaban J connectivity index is 1.10. The fraction of sp³-hybridized carbons (Fsp3) is 0.186. The molecule has 60 heavy (non-hydrogen) atoms. The molecule has 290 valence electrons. The Labute approximate surface area is 355 Å². The van der Waals surface area contributed by atoms with Crippen LogP contribution in [0.5, 0.6) is 0 Å². The monoisotopic (exact) mass is 771 g/mol. The molecule has 0 unspecified atom stereocenters. The number of para-hydroxylation sites is 2. The normalized spacial score (nSPS) is 16.5. The van der Waals surface area contributed by atoms with Crippen LogP contribution in [0.3, 0.4) is 0 Å². The molecule has 0 heterocycles. The number of benzene rings is 8. The molecule has 0 N–H and O–H groups in total. The molecule has 1 saturated carbocycles. The third-order valence-corrected chi connectivity index (χ3v) is 15.0. The Morgan fingerprint density at radius 1 is 0.350 bits per heavy atom. The maximum Gasteiger partial charge on any atom is 0.0540 e. The fourth-order valence-electron chi connectivity index (χ4n) is 12.3. The number of anilines is 3. The first kappa shape index (κ1) is 35.5. The highest BCUT2D eigenvalue weighted by Gasteiger charge is 2.45. The third-order valence-electron chi connectivity index (χ3n) is 15.0. The molecule has 1 spiro atoms. The van der Waals surface area contributed by atoms with E-state index in [4.69, 9.17) is 0 Å². The van der Waals surface area contributed by atoms with Crippen molar-refractivity contribution >= 4 is 17.1 Å². The highest BCUT2D eigenvalue weighted by atomic mass is 15.1. The van der Waals surface area contributed by atoms with E-state index in [1.54, 1.807) is 0 Å². The zero-order valence-electron chi connectivity index (χ0n) is 35.0. The van der Waals surface area contributed by atoms with E-state index in [2.05, 4.69) is 209 Å². The summed E-state index contributed by atoms with van der Waals surface area (Å²) in [6.45, 7) is 9.58. The zero-order chi connectivity index (χ0) is 40.4. The second-order valence-electron chi connectivity index (χ2n) is 18.8. The van der Waals surface area contributed by atoms with Gasteiger partial charge in [-0.1, -0.05) is 186 Å². The van der Waals surface area contributed by atoms with Crippen molar-refractivity contribution in [2.75, 3.05) is 4.90 Å². The lowest BCUT2D eigenvalue weighted by molar-refractivity contribution is 0.550. The number of fused-ring (bicyclic) bond motifs is 11. The van der Waals surface area contributed by atoms with Crippen LogP contribution in [0, 0.1) is 0 Å². The standard InChI is InChI=1S/C59H49N/c1-57(2)49-25-10-5-19-41(49)44-32-30-38(36-52(44)57)40-18-8-13-28-54(40)60(39-31-33-45-42-20-7-12-27-51(42)59(53(45)37-39)34-15-16-35-59)55-29-14-9-22-46(55)48-24-17-23-47-43-21-6-11-26-50(43)58(3,4)56(47)48/h5-14,17-33,36-37H,15-16,34-35H2,1-4H3. The predicted octanol–water partition coefficient (Wildman–Crippen LogP) is 15.9. The molecule has 0 atom stereocenters. The number of hydrogen-bond acceptors (Lipinski definition) is 1. The summed E-state index contributed by atoms with van der Waals surface area (Å²) >= 11 is 0. The zero-order valence-corrected chi connectivity index (χ0v) is 35.0. The highest BCUT2D eigenvalue weighted by molar-refractivity contribution is 5.98. The molecular formula is C59H49N. The van der Waals surface area contributed by atoms with Crippen molar-refractivity contribution in [1.29, 1.82) is 0 Å². The van der Waals surface area contributed by atoms with Gasteiger partial charge in [0.15, 0.2) is 0 Å². The average molecular weight is 772 g/mol. The van der Waals surface area contributed by atoms with Gasteiger partial charge in [0, 0.05) is 33.1 Å². The second-order valence-corrected chi connectivity index (χ2v) is 18.8. The number of hydrogen-bond donors (Lipinski definition) is 0. The van der Waals surface area contributed by atoms with E-state index < -0.39 is 0 Å². The first-order valence-electron chi connectivity index (χ1n) is 22.0. The van der Waals surface area contributed by atoms with E-state index in [0.29, 0.717) is 0 Å². The maximum absolute atomic E-state index is 2.60. The van der Waals surface area contributed by atoms with Crippen LogP contribution in [-0.4, -0.2) is 0 Å².